The summed E-state index contributed by atoms with van der Waals surface area (Å²) in [6.45, 7) is 0. The van der Waals surface area contributed by atoms with Gasteiger partial charge in [0.1, 0.15) is 5.75 Å². The zero-order chi connectivity index (χ0) is 13.5. The highest BCUT2D eigenvalue weighted by Crippen LogP contribution is 2.10. The van der Waals surface area contributed by atoms with E-state index in [0.717, 1.165) is 11.3 Å². The highest BCUT2D eigenvalue weighted by molar-refractivity contribution is 5.94. The molecule has 0 bridgehead atoms. The van der Waals surface area contributed by atoms with Gasteiger partial charge >= 0.3 is 0 Å². The minimum atomic E-state index is -0.276. The number of rotatable bonds is 4. The molecule has 0 saturated heterocycles. The molecule has 0 spiro atoms. The molecule has 0 aliphatic carbocycles. The lowest BCUT2D eigenvalue weighted by atomic mass is 10.2. The fourth-order valence-electron chi connectivity index (χ4n) is 1.46. The first-order chi connectivity index (χ1) is 9.29. The van der Waals surface area contributed by atoms with Gasteiger partial charge < -0.3 is 4.74 Å². The van der Waals surface area contributed by atoms with E-state index in [9.17, 15) is 4.79 Å². The summed E-state index contributed by atoms with van der Waals surface area (Å²) in [5, 5.41) is 3.89. The molecule has 96 valence electrons. The lowest BCUT2D eigenvalue weighted by Gasteiger charge is -2.00. The first-order valence-corrected chi connectivity index (χ1v) is 5.67. The van der Waals surface area contributed by atoms with E-state index in [1.165, 1.54) is 0 Å². The molecule has 0 radical (unpaired) electrons. The molecule has 5 nitrogen and oxygen atoms in total. The third-order valence-corrected chi connectivity index (χ3v) is 2.42. The number of hydrazone groups is 1. The standard InChI is InChI=1S/C14H13N3O2/c1-19-13-4-2-3-11(9-13)10-16-17-14(18)12-5-7-15-8-6-12/h2-10H,1H3,(H,17,18). The van der Waals surface area contributed by atoms with Crippen LogP contribution < -0.4 is 10.2 Å². The third kappa shape index (κ3) is 3.64. The maximum absolute atomic E-state index is 11.7. The van der Waals surface area contributed by atoms with Crippen LogP contribution in [0.2, 0.25) is 0 Å². The van der Waals surface area contributed by atoms with Crippen molar-refractivity contribution in [2.24, 2.45) is 5.10 Å². The quantitative estimate of drug-likeness (QED) is 0.670. The fourth-order valence-corrected chi connectivity index (χ4v) is 1.46. The van der Waals surface area contributed by atoms with Crippen LogP contribution in [0.1, 0.15) is 15.9 Å². The molecule has 1 aromatic carbocycles. The van der Waals surface area contributed by atoms with Gasteiger partial charge in [0, 0.05) is 18.0 Å². The summed E-state index contributed by atoms with van der Waals surface area (Å²) in [5.41, 5.74) is 3.80. The van der Waals surface area contributed by atoms with Gasteiger partial charge in [-0.05, 0) is 29.8 Å². The summed E-state index contributed by atoms with van der Waals surface area (Å²) in [7, 11) is 1.60. The van der Waals surface area contributed by atoms with E-state index in [0.29, 0.717) is 5.56 Å². The summed E-state index contributed by atoms with van der Waals surface area (Å²) in [4.78, 5) is 15.5. The molecule has 0 saturated carbocycles. The Morgan fingerprint density at radius 2 is 2.11 bits per heavy atom. The first-order valence-electron chi connectivity index (χ1n) is 5.67. The number of hydrogen-bond acceptors (Lipinski definition) is 4. The van der Waals surface area contributed by atoms with Crippen molar-refractivity contribution in [1.82, 2.24) is 10.4 Å². The van der Waals surface area contributed by atoms with Crippen molar-refractivity contribution >= 4 is 12.1 Å². The number of carbonyl (C=O) groups is 1. The van der Waals surface area contributed by atoms with E-state index in [2.05, 4.69) is 15.5 Å². The number of pyridine rings is 1. The molecule has 0 atom stereocenters. The third-order valence-electron chi connectivity index (χ3n) is 2.42. The molecule has 5 heteroatoms. The van der Waals surface area contributed by atoms with Crippen molar-refractivity contribution in [2.75, 3.05) is 7.11 Å². The molecule has 1 heterocycles. The van der Waals surface area contributed by atoms with E-state index >= 15 is 0 Å². The second-order valence-electron chi connectivity index (χ2n) is 3.71. The molecular weight excluding hydrogens is 242 g/mol. The van der Waals surface area contributed by atoms with Crippen LogP contribution in [0, 0.1) is 0 Å². The summed E-state index contributed by atoms with van der Waals surface area (Å²) in [6, 6.07) is 10.6. The molecule has 2 aromatic rings. The molecule has 1 amide bonds. The lowest BCUT2D eigenvalue weighted by molar-refractivity contribution is 0.0955. The molecule has 19 heavy (non-hydrogen) atoms. The Balaban J connectivity index is 1.98. The Bertz CT molecular complexity index is 582. The number of benzene rings is 1. The SMILES string of the molecule is COc1cccc(C=NNC(=O)c2ccncc2)c1. The van der Waals surface area contributed by atoms with Gasteiger partial charge in [0.05, 0.1) is 13.3 Å². The molecule has 0 fully saturated rings. The van der Waals surface area contributed by atoms with E-state index in [4.69, 9.17) is 4.74 Å². The maximum Gasteiger partial charge on any atom is 0.271 e. The predicted molar refractivity (Wildman–Crippen MR) is 72.3 cm³/mol. The van der Waals surface area contributed by atoms with Crippen LogP contribution in [0.5, 0.6) is 5.75 Å². The number of nitrogens with one attached hydrogen (secondary N) is 1. The molecule has 2 rings (SSSR count). The Labute approximate surface area is 110 Å². The van der Waals surface area contributed by atoms with Crippen LogP contribution in [0.3, 0.4) is 0 Å². The molecule has 1 N–H and O–H groups in total. The molecule has 0 aliphatic heterocycles. The molecule has 1 aromatic heterocycles. The lowest BCUT2D eigenvalue weighted by Crippen LogP contribution is -2.17. The Kier molecular flexibility index (Phi) is 4.23. The summed E-state index contributed by atoms with van der Waals surface area (Å²) < 4.78 is 5.10. The van der Waals surface area contributed by atoms with E-state index in [1.807, 2.05) is 24.3 Å². The number of methoxy groups -OCH3 is 1. The minimum Gasteiger partial charge on any atom is -0.497 e. The van der Waals surface area contributed by atoms with Crippen molar-refractivity contribution in [3.63, 3.8) is 0 Å². The van der Waals surface area contributed by atoms with E-state index in [1.54, 1.807) is 37.9 Å². The zero-order valence-corrected chi connectivity index (χ0v) is 10.4. The van der Waals surface area contributed by atoms with Crippen LogP contribution >= 0.6 is 0 Å². The van der Waals surface area contributed by atoms with Gasteiger partial charge in [0.2, 0.25) is 0 Å². The summed E-state index contributed by atoms with van der Waals surface area (Å²) >= 11 is 0. The van der Waals surface area contributed by atoms with Gasteiger partial charge in [-0.15, -0.1) is 0 Å². The normalized spacial score (nSPS) is 10.4. The van der Waals surface area contributed by atoms with Crippen molar-refractivity contribution < 1.29 is 9.53 Å². The fraction of sp³-hybridized carbons (Fsp3) is 0.0714. The van der Waals surface area contributed by atoms with E-state index < -0.39 is 0 Å². The van der Waals surface area contributed by atoms with Gasteiger partial charge in [0.15, 0.2) is 0 Å². The van der Waals surface area contributed by atoms with Crippen LogP contribution in [-0.2, 0) is 0 Å². The number of hydrogen-bond donors (Lipinski definition) is 1. The molecule has 0 unspecified atom stereocenters. The summed E-state index contributed by atoms with van der Waals surface area (Å²) in [6.07, 6.45) is 4.67. The predicted octanol–water partition coefficient (Wildman–Crippen LogP) is 1.85. The average molecular weight is 255 g/mol. The van der Waals surface area contributed by atoms with Gasteiger partial charge in [-0.1, -0.05) is 12.1 Å². The number of aromatic nitrogens is 1. The van der Waals surface area contributed by atoms with Crippen LogP contribution in [-0.4, -0.2) is 24.2 Å². The van der Waals surface area contributed by atoms with Crippen molar-refractivity contribution in [3.05, 3.63) is 59.9 Å². The number of ether oxygens (including phenoxy) is 1. The average Bonchev–Trinajstić information content (AvgIpc) is 2.48. The molecule has 0 aliphatic rings. The smallest absolute Gasteiger partial charge is 0.271 e. The number of carbonyl (C=O) groups excluding carboxylic acids is 1. The van der Waals surface area contributed by atoms with Crippen LogP contribution in [0.15, 0.2) is 53.9 Å². The van der Waals surface area contributed by atoms with Crippen LogP contribution in [0.25, 0.3) is 0 Å². The number of nitrogens with zero attached hydrogens (tertiary/aromatic N) is 2. The minimum absolute atomic E-state index is 0.276. The van der Waals surface area contributed by atoms with Gasteiger partial charge in [-0.2, -0.15) is 5.10 Å². The Morgan fingerprint density at radius 3 is 2.84 bits per heavy atom. The Morgan fingerprint density at radius 1 is 1.32 bits per heavy atom. The second kappa shape index (κ2) is 6.30. The van der Waals surface area contributed by atoms with Crippen LogP contribution in [0.4, 0.5) is 0 Å². The van der Waals surface area contributed by atoms with Gasteiger partial charge in [-0.25, -0.2) is 5.43 Å². The second-order valence-corrected chi connectivity index (χ2v) is 3.71. The first kappa shape index (κ1) is 12.8. The monoisotopic (exact) mass is 255 g/mol. The van der Waals surface area contributed by atoms with E-state index in [-0.39, 0.29) is 5.91 Å². The molecular formula is C14H13N3O2. The van der Waals surface area contributed by atoms with Gasteiger partial charge in [0.25, 0.3) is 5.91 Å². The summed E-state index contributed by atoms with van der Waals surface area (Å²) in [5.74, 6) is 0.464. The van der Waals surface area contributed by atoms with Crippen molar-refractivity contribution in [3.8, 4) is 5.75 Å². The Hall–Kier alpha value is -2.69. The largest absolute Gasteiger partial charge is 0.497 e. The zero-order valence-electron chi connectivity index (χ0n) is 10.4. The highest BCUT2D eigenvalue weighted by atomic mass is 16.5. The van der Waals surface area contributed by atoms with Crippen molar-refractivity contribution in [2.45, 2.75) is 0 Å². The number of amides is 1. The van der Waals surface area contributed by atoms with Gasteiger partial charge in [-0.3, -0.25) is 9.78 Å². The maximum atomic E-state index is 11.7. The topological polar surface area (TPSA) is 63.6 Å². The van der Waals surface area contributed by atoms with Crippen molar-refractivity contribution in [1.29, 1.82) is 0 Å². The highest BCUT2D eigenvalue weighted by Gasteiger charge is 2.01.